The highest BCUT2D eigenvalue weighted by atomic mass is 32.2. The van der Waals surface area contributed by atoms with Crippen molar-refractivity contribution in [1.82, 2.24) is 9.88 Å². The van der Waals surface area contributed by atoms with Crippen LogP contribution in [0.25, 0.3) is 6.08 Å². The summed E-state index contributed by atoms with van der Waals surface area (Å²) in [5, 5.41) is 3.42. The molecule has 0 spiro atoms. The van der Waals surface area contributed by atoms with E-state index in [2.05, 4.69) is 36.2 Å². The summed E-state index contributed by atoms with van der Waals surface area (Å²) in [6.45, 7) is 4.52. The molecule has 2 heterocycles. The summed E-state index contributed by atoms with van der Waals surface area (Å²) in [5.41, 5.74) is 4.18. The zero-order valence-corrected chi connectivity index (χ0v) is 21.7. The van der Waals surface area contributed by atoms with E-state index in [0.717, 1.165) is 53.4 Å². The van der Waals surface area contributed by atoms with Gasteiger partial charge in [0, 0.05) is 17.0 Å². The van der Waals surface area contributed by atoms with Gasteiger partial charge in [0.05, 0.1) is 10.6 Å². The summed E-state index contributed by atoms with van der Waals surface area (Å²) in [4.78, 5) is 25.5. The Morgan fingerprint density at radius 3 is 2.60 bits per heavy atom. The second kappa shape index (κ2) is 10.8. The second-order valence-electron chi connectivity index (χ2n) is 9.06. The Morgan fingerprint density at radius 2 is 1.86 bits per heavy atom. The fourth-order valence-electron chi connectivity index (χ4n) is 4.42. The minimum atomic E-state index is 0.0299. The quantitative estimate of drug-likeness (QED) is 0.332. The fourth-order valence-corrected chi connectivity index (χ4v) is 6.17. The van der Waals surface area contributed by atoms with Gasteiger partial charge in [0.1, 0.15) is 12.4 Å². The predicted molar refractivity (Wildman–Crippen MR) is 145 cm³/mol. The maximum absolute atomic E-state index is 13.6. The number of hydrogen-bond acceptors (Lipinski definition) is 6. The molecule has 1 aliphatic carbocycles. The number of hydrogen-bond donors (Lipinski definition) is 0. The Kier molecular flexibility index (Phi) is 7.35. The lowest BCUT2D eigenvalue weighted by Gasteiger charge is -2.30. The Labute approximate surface area is 215 Å². The molecule has 5 nitrogen and oxygen atoms in total. The first-order valence-electron chi connectivity index (χ1n) is 12.1. The third-order valence-electron chi connectivity index (χ3n) is 6.30. The van der Waals surface area contributed by atoms with Gasteiger partial charge in [0.2, 0.25) is 5.13 Å². The lowest BCUT2D eigenvalue weighted by molar-refractivity contribution is -0.124. The normalized spacial score (nSPS) is 19.1. The minimum Gasteiger partial charge on any atom is -0.488 e. The number of amidine groups is 1. The molecule has 180 valence electrons. The van der Waals surface area contributed by atoms with Crippen LogP contribution in [0.15, 0.2) is 63.8 Å². The number of aryl methyl sites for hydroxylation is 2. The van der Waals surface area contributed by atoms with E-state index in [1.807, 2.05) is 47.5 Å². The van der Waals surface area contributed by atoms with Gasteiger partial charge in [-0.05, 0) is 56.2 Å². The molecule has 0 bridgehead atoms. The number of aromatic nitrogens is 1. The average Bonchev–Trinajstić information content (AvgIpc) is 3.42. The molecular formula is C28H29N3O2S2. The number of ether oxygens (including phenoxy) is 1. The van der Waals surface area contributed by atoms with E-state index in [-0.39, 0.29) is 11.9 Å². The summed E-state index contributed by atoms with van der Waals surface area (Å²) >= 11 is 2.95. The fraction of sp³-hybridized carbons (Fsp3) is 0.321. The molecule has 7 heteroatoms. The number of carbonyl (C=O) groups excluding carboxylic acids is 1. The van der Waals surface area contributed by atoms with Crippen LogP contribution in [-0.2, 0) is 11.4 Å². The van der Waals surface area contributed by atoms with Crippen LogP contribution < -0.4 is 4.74 Å². The van der Waals surface area contributed by atoms with Crippen molar-refractivity contribution in [3.8, 4) is 5.75 Å². The Bertz CT molecular complexity index is 1260. The van der Waals surface area contributed by atoms with Crippen molar-refractivity contribution in [3.63, 3.8) is 0 Å². The summed E-state index contributed by atoms with van der Waals surface area (Å²) < 4.78 is 6.16. The van der Waals surface area contributed by atoms with Crippen LogP contribution in [0.5, 0.6) is 5.75 Å². The molecule has 0 unspecified atom stereocenters. The van der Waals surface area contributed by atoms with Gasteiger partial charge in [-0.15, -0.1) is 11.3 Å². The van der Waals surface area contributed by atoms with Crippen LogP contribution in [0.4, 0.5) is 5.13 Å². The summed E-state index contributed by atoms with van der Waals surface area (Å²) in [6.07, 6.45) is 7.52. The highest BCUT2D eigenvalue weighted by molar-refractivity contribution is 8.18. The first-order chi connectivity index (χ1) is 17.1. The van der Waals surface area contributed by atoms with Crippen LogP contribution >= 0.6 is 23.1 Å². The average molecular weight is 504 g/mol. The number of nitrogens with zero attached hydrogens (tertiary/aromatic N) is 3. The first-order valence-corrected chi connectivity index (χ1v) is 13.8. The SMILES string of the molecule is Cc1ccc(COc2ccccc2/C=C2\S/C(=N/c3nc(C)cs3)N(C3CCCCC3)C2=O)cc1. The number of rotatable bonds is 6. The van der Waals surface area contributed by atoms with Gasteiger partial charge in [-0.2, -0.15) is 4.99 Å². The van der Waals surface area contributed by atoms with Crippen LogP contribution in [-0.4, -0.2) is 27.0 Å². The van der Waals surface area contributed by atoms with Crippen molar-refractivity contribution in [3.05, 3.63) is 81.2 Å². The molecule has 1 aliphatic heterocycles. The van der Waals surface area contributed by atoms with Crippen molar-refractivity contribution in [2.45, 2.75) is 58.6 Å². The summed E-state index contributed by atoms with van der Waals surface area (Å²) in [5.74, 6) is 0.793. The zero-order chi connectivity index (χ0) is 24.2. The molecule has 0 N–H and O–H groups in total. The number of carbonyl (C=O) groups is 1. The van der Waals surface area contributed by atoms with E-state index in [9.17, 15) is 4.79 Å². The largest absolute Gasteiger partial charge is 0.488 e. The highest BCUT2D eigenvalue weighted by Crippen LogP contribution is 2.39. The topological polar surface area (TPSA) is 54.8 Å². The van der Waals surface area contributed by atoms with E-state index in [0.29, 0.717) is 16.6 Å². The number of benzene rings is 2. The molecule has 1 saturated heterocycles. The molecule has 0 atom stereocenters. The van der Waals surface area contributed by atoms with Crippen molar-refractivity contribution in [2.75, 3.05) is 0 Å². The Hall–Kier alpha value is -2.90. The Balaban J connectivity index is 1.42. The first kappa shape index (κ1) is 23.8. The number of para-hydroxylation sites is 1. The zero-order valence-electron chi connectivity index (χ0n) is 20.1. The standard InChI is InChI=1S/C28H29N3O2S2/c1-19-12-14-21(15-13-19)17-33-24-11-7-6-8-22(24)16-25-26(32)31(23-9-4-3-5-10-23)28(35-25)30-27-29-20(2)18-34-27/h6-8,11-16,18,23H,3-5,9-10,17H2,1-2H3/b25-16-,30-28+. The van der Waals surface area contributed by atoms with E-state index >= 15 is 0 Å². The second-order valence-corrected chi connectivity index (χ2v) is 10.9. The molecule has 5 rings (SSSR count). The van der Waals surface area contributed by atoms with Crippen LogP contribution in [0, 0.1) is 13.8 Å². The molecule has 0 radical (unpaired) electrons. The van der Waals surface area contributed by atoms with E-state index in [4.69, 9.17) is 9.73 Å². The van der Waals surface area contributed by atoms with Gasteiger partial charge in [0.15, 0.2) is 5.17 Å². The van der Waals surface area contributed by atoms with Crippen molar-refractivity contribution in [2.24, 2.45) is 4.99 Å². The number of aliphatic imine (C=N–C) groups is 1. The smallest absolute Gasteiger partial charge is 0.267 e. The number of thiazole rings is 1. The molecule has 2 aromatic carbocycles. The molecule has 1 aromatic heterocycles. The Morgan fingerprint density at radius 1 is 1.09 bits per heavy atom. The lowest BCUT2D eigenvalue weighted by atomic mass is 9.94. The van der Waals surface area contributed by atoms with E-state index in [1.54, 1.807) is 0 Å². The molecular weight excluding hydrogens is 474 g/mol. The van der Waals surface area contributed by atoms with Gasteiger partial charge < -0.3 is 4.74 Å². The van der Waals surface area contributed by atoms with E-state index < -0.39 is 0 Å². The van der Waals surface area contributed by atoms with Gasteiger partial charge >= 0.3 is 0 Å². The van der Waals surface area contributed by atoms with Gasteiger partial charge in [0.25, 0.3) is 5.91 Å². The van der Waals surface area contributed by atoms with Gasteiger partial charge in [-0.1, -0.05) is 67.3 Å². The van der Waals surface area contributed by atoms with Crippen LogP contribution in [0.2, 0.25) is 0 Å². The molecule has 3 aromatic rings. The maximum Gasteiger partial charge on any atom is 0.267 e. The van der Waals surface area contributed by atoms with Gasteiger partial charge in [-0.3, -0.25) is 9.69 Å². The van der Waals surface area contributed by atoms with Crippen LogP contribution in [0.1, 0.15) is 54.5 Å². The van der Waals surface area contributed by atoms with E-state index in [1.165, 1.54) is 35.1 Å². The molecule has 2 aliphatic rings. The summed E-state index contributed by atoms with van der Waals surface area (Å²) in [7, 11) is 0. The van der Waals surface area contributed by atoms with Crippen molar-refractivity contribution >= 4 is 45.4 Å². The molecule has 35 heavy (non-hydrogen) atoms. The number of thioether (sulfide) groups is 1. The maximum atomic E-state index is 13.6. The third-order valence-corrected chi connectivity index (χ3v) is 8.13. The van der Waals surface area contributed by atoms with Gasteiger partial charge in [-0.25, -0.2) is 4.98 Å². The van der Waals surface area contributed by atoms with Crippen LogP contribution in [0.3, 0.4) is 0 Å². The highest BCUT2D eigenvalue weighted by Gasteiger charge is 2.39. The number of amides is 1. The molecule has 1 saturated carbocycles. The lowest BCUT2D eigenvalue weighted by Crippen LogP contribution is -2.40. The van der Waals surface area contributed by atoms with Crippen molar-refractivity contribution in [1.29, 1.82) is 0 Å². The molecule has 2 fully saturated rings. The summed E-state index contributed by atoms with van der Waals surface area (Å²) in [6, 6.07) is 16.4. The third kappa shape index (κ3) is 5.68. The predicted octanol–water partition coefficient (Wildman–Crippen LogP) is 7.28. The minimum absolute atomic E-state index is 0.0299. The monoisotopic (exact) mass is 503 g/mol. The van der Waals surface area contributed by atoms with Crippen molar-refractivity contribution < 1.29 is 9.53 Å². The molecule has 1 amide bonds.